The van der Waals surface area contributed by atoms with Crippen LogP contribution in [0.3, 0.4) is 0 Å². The first kappa shape index (κ1) is 15.5. The molecule has 0 aliphatic heterocycles. The van der Waals surface area contributed by atoms with Crippen molar-refractivity contribution in [3.05, 3.63) is 70.3 Å². The summed E-state index contributed by atoms with van der Waals surface area (Å²) >= 11 is 0. The standard InChI is InChI=1S/C16H15F4N/c1-9-5-12(15(20)8-13(9)18)16(21-2)6-10-3-4-11(17)7-14(10)19/h3-5,7-8,16,21H,6H2,1-2H3. The Morgan fingerprint density at radius 1 is 0.952 bits per heavy atom. The largest absolute Gasteiger partial charge is 0.313 e. The van der Waals surface area contributed by atoms with Crippen LogP contribution in [0.1, 0.15) is 22.7 Å². The zero-order valence-electron chi connectivity index (χ0n) is 11.7. The minimum atomic E-state index is -0.694. The maximum Gasteiger partial charge on any atom is 0.130 e. The van der Waals surface area contributed by atoms with Crippen molar-refractivity contribution in [2.24, 2.45) is 0 Å². The molecule has 2 aromatic rings. The molecule has 1 atom stereocenters. The Morgan fingerprint density at radius 3 is 2.29 bits per heavy atom. The van der Waals surface area contributed by atoms with Crippen molar-refractivity contribution in [2.75, 3.05) is 7.05 Å². The van der Waals surface area contributed by atoms with Crippen molar-refractivity contribution < 1.29 is 17.6 Å². The summed E-state index contributed by atoms with van der Waals surface area (Å²) in [4.78, 5) is 0. The third-order valence-corrected chi connectivity index (χ3v) is 3.44. The van der Waals surface area contributed by atoms with Crippen LogP contribution in [0.4, 0.5) is 17.6 Å². The zero-order chi connectivity index (χ0) is 15.6. The zero-order valence-corrected chi connectivity index (χ0v) is 11.7. The number of hydrogen-bond donors (Lipinski definition) is 1. The van der Waals surface area contributed by atoms with Gasteiger partial charge in [-0.25, -0.2) is 17.6 Å². The first-order chi connectivity index (χ1) is 9.92. The average molecular weight is 297 g/mol. The van der Waals surface area contributed by atoms with Crippen LogP contribution in [0, 0.1) is 30.2 Å². The summed E-state index contributed by atoms with van der Waals surface area (Å²) in [5.74, 6) is -2.67. The molecule has 1 nitrogen and oxygen atoms in total. The summed E-state index contributed by atoms with van der Waals surface area (Å²) < 4.78 is 53.8. The molecule has 5 heteroatoms. The van der Waals surface area contributed by atoms with E-state index in [1.165, 1.54) is 19.1 Å². The Morgan fingerprint density at radius 2 is 1.67 bits per heavy atom. The van der Waals surface area contributed by atoms with Crippen LogP contribution in [0.5, 0.6) is 0 Å². The van der Waals surface area contributed by atoms with E-state index >= 15 is 0 Å². The fraction of sp³-hybridized carbons (Fsp3) is 0.250. The van der Waals surface area contributed by atoms with Crippen LogP contribution in [-0.2, 0) is 6.42 Å². The van der Waals surface area contributed by atoms with E-state index in [2.05, 4.69) is 5.32 Å². The van der Waals surface area contributed by atoms with Crippen LogP contribution in [-0.4, -0.2) is 7.05 Å². The second-order valence-electron chi connectivity index (χ2n) is 4.90. The Hall–Kier alpha value is -1.88. The van der Waals surface area contributed by atoms with Gasteiger partial charge >= 0.3 is 0 Å². The molecule has 0 heterocycles. The third-order valence-electron chi connectivity index (χ3n) is 3.44. The van der Waals surface area contributed by atoms with E-state index in [0.29, 0.717) is 5.56 Å². The molecular formula is C16H15F4N. The van der Waals surface area contributed by atoms with Crippen molar-refractivity contribution in [1.82, 2.24) is 5.32 Å². The minimum Gasteiger partial charge on any atom is -0.313 e. The molecule has 21 heavy (non-hydrogen) atoms. The summed E-state index contributed by atoms with van der Waals surface area (Å²) in [6.45, 7) is 1.53. The van der Waals surface area contributed by atoms with Gasteiger partial charge in [0.15, 0.2) is 0 Å². The fourth-order valence-electron chi connectivity index (χ4n) is 2.22. The summed E-state index contributed by atoms with van der Waals surface area (Å²) in [5, 5.41) is 2.87. The van der Waals surface area contributed by atoms with Gasteiger partial charge in [-0.05, 0) is 43.7 Å². The Balaban J connectivity index is 2.34. The van der Waals surface area contributed by atoms with Gasteiger partial charge in [0.05, 0.1) is 0 Å². The van der Waals surface area contributed by atoms with Gasteiger partial charge in [0, 0.05) is 23.7 Å². The van der Waals surface area contributed by atoms with E-state index in [-0.39, 0.29) is 17.5 Å². The molecule has 112 valence electrons. The van der Waals surface area contributed by atoms with Crippen LogP contribution >= 0.6 is 0 Å². The highest BCUT2D eigenvalue weighted by Gasteiger charge is 2.18. The van der Waals surface area contributed by atoms with Gasteiger partial charge < -0.3 is 5.32 Å². The summed E-state index contributed by atoms with van der Waals surface area (Å²) in [6.07, 6.45) is 0.130. The van der Waals surface area contributed by atoms with Crippen LogP contribution in [0.15, 0.2) is 30.3 Å². The lowest BCUT2D eigenvalue weighted by Gasteiger charge is -2.18. The van der Waals surface area contributed by atoms with Gasteiger partial charge in [0.2, 0.25) is 0 Å². The lowest BCUT2D eigenvalue weighted by molar-refractivity contribution is 0.506. The van der Waals surface area contributed by atoms with E-state index in [1.807, 2.05) is 0 Å². The highest BCUT2D eigenvalue weighted by molar-refractivity contribution is 5.30. The molecule has 0 amide bonds. The molecule has 1 unspecified atom stereocenters. The highest BCUT2D eigenvalue weighted by atomic mass is 19.1. The quantitative estimate of drug-likeness (QED) is 0.839. The van der Waals surface area contributed by atoms with Gasteiger partial charge in [-0.2, -0.15) is 0 Å². The fourth-order valence-corrected chi connectivity index (χ4v) is 2.22. The normalized spacial score (nSPS) is 12.5. The number of likely N-dealkylation sites (N-methyl/N-ethyl adjacent to an activating group) is 1. The van der Waals surface area contributed by atoms with E-state index in [4.69, 9.17) is 0 Å². The Bertz CT molecular complexity index is 655. The van der Waals surface area contributed by atoms with E-state index in [1.54, 1.807) is 7.05 Å². The van der Waals surface area contributed by atoms with Gasteiger partial charge in [-0.3, -0.25) is 0 Å². The molecule has 0 bridgehead atoms. The van der Waals surface area contributed by atoms with Gasteiger partial charge in [-0.1, -0.05) is 6.07 Å². The molecule has 0 aliphatic carbocycles. The molecule has 0 saturated carbocycles. The SMILES string of the molecule is CNC(Cc1ccc(F)cc1F)c1cc(C)c(F)cc1F. The molecule has 0 saturated heterocycles. The van der Waals surface area contributed by atoms with Crippen molar-refractivity contribution in [3.8, 4) is 0 Å². The maximum absolute atomic E-state index is 13.9. The second-order valence-corrected chi connectivity index (χ2v) is 4.90. The van der Waals surface area contributed by atoms with E-state index in [9.17, 15) is 17.6 Å². The second kappa shape index (κ2) is 6.26. The predicted octanol–water partition coefficient (Wildman–Crippen LogP) is 4.05. The number of nitrogens with one attached hydrogen (secondary N) is 1. The maximum atomic E-state index is 13.9. The van der Waals surface area contributed by atoms with Gasteiger partial charge in [0.25, 0.3) is 0 Å². The van der Waals surface area contributed by atoms with Crippen molar-refractivity contribution >= 4 is 0 Å². The number of hydrogen-bond acceptors (Lipinski definition) is 1. The molecule has 0 fully saturated rings. The predicted molar refractivity (Wildman–Crippen MR) is 73.0 cm³/mol. The lowest BCUT2D eigenvalue weighted by Crippen LogP contribution is -2.21. The molecule has 1 N–H and O–H groups in total. The molecule has 0 spiro atoms. The average Bonchev–Trinajstić information content (AvgIpc) is 2.43. The van der Waals surface area contributed by atoms with Crippen molar-refractivity contribution in [2.45, 2.75) is 19.4 Å². The lowest BCUT2D eigenvalue weighted by atomic mass is 9.96. The Kier molecular flexibility index (Phi) is 4.63. The summed E-state index contributed by atoms with van der Waals surface area (Å²) in [7, 11) is 1.60. The first-order valence-corrected chi connectivity index (χ1v) is 6.49. The van der Waals surface area contributed by atoms with E-state index in [0.717, 1.165) is 18.2 Å². The molecule has 0 aromatic heterocycles. The van der Waals surface area contributed by atoms with Crippen LogP contribution < -0.4 is 5.32 Å². The highest BCUT2D eigenvalue weighted by Crippen LogP contribution is 2.25. The summed E-state index contributed by atoms with van der Waals surface area (Å²) in [5.41, 5.74) is 0.823. The van der Waals surface area contributed by atoms with E-state index < -0.39 is 29.3 Å². The number of aryl methyl sites for hydroxylation is 1. The summed E-state index contributed by atoms with van der Waals surface area (Å²) in [6, 6.07) is 4.93. The topological polar surface area (TPSA) is 12.0 Å². The number of halogens is 4. The number of rotatable bonds is 4. The van der Waals surface area contributed by atoms with Crippen LogP contribution in [0.2, 0.25) is 0 Å². The van der Waals surface area contributed by atoms with Crippen molar-refractivity contribution in [3.63, 3.8) is 0 Å². The molecule has 0 radical (unpaired) electrons. The smallest absolute Gasteiger partial charge is 0.130 e. The molecule has 2 aromatic carbocycles. The van der Waals surface area contributed by atoms with Crippen molar-refractivity contribution in [1.29, 1.82) is 0 Å². The Labute approximate surface area is 120 Å². The van der Waals surface area contributed by atoms with Crippen LogP contribution in [0.25, 0.3) is 0 Å². The number of benzene rings is 2. The molecule has 0 aliphatic rings. The first-order valence-electron chi connectivity index (χ1n) is 6.49. The van der Waals surface area contributed by atoms with Gasteiger partial charge in [-0.15, -0.1) is 0 Å². The third kappa shape index (κ3) is 3.42. The van der Waals surface area contributed by atoms with Gasteiger partial charge in [0.1, 0.15) is 23.3 Å². The molecule has 2 rings (SSSR count). The minimum absolute atomic E-state index is 0.130. The monoisotopic (exact) mass is 297 g/mol. The molecular weight excluding hydrogens is 282 g/mol.